The molecule has 0 unspecified atom stereocenters. The predicted molar refractivity (Wildman–Crippen MR) is 66.9 cm³/mol. The van der Waals surface area contributed by atoms with Gasteiger partial charge in [0.05, 0.1) is 10.2 Å². The first-order valence-electron chi connectivity index (χ1n) is 4.95. The highest BCUT2D eigenvalue weighted by atomic mass is 79.9. The lowest BCUT2D eigenvalue weighted by atomic mass is 9.98. The van der Waals surface area contributed by atoms with Crippen molar-refractivity contribution in [3.05, 3.63) is 27.7 Å². The van der Waals surface area contributed by atoms with Crippen LogP contribution in [0.25, 0.3) is 0 Å². The standard InChI is InChI=1S/C11H15BrN2O2/c1-6(2)10(14-16)7-3-8(5-13)11(15)9(12)4-7/h3-4,6,15-16H,5,13H2,1-2H3. The Hall–Kier alpha value is -1.07. The number of nitrogens with zero attached hydrogens (tertiary/aromatic N) is 1. The van der Waals surface area contributed by atoms with Crippen LogP contribution < -0.4 is 5.73 Å². The van der Waals surface area contributed by atoms with E-state index in [2.05, 4.69) is 21.1 Å². The monoisotopic (exact) mass is 286 g/mol. The molecule has 0 heterocycles. The number of phenols is 1. The molecule has 0 fully saturated rings. The molecule has 5 heteroatoms. The third kappa shape index (κ3) is 2.54. The van der Waals surface area contributed by atoms with E-state index in [1.165, 1.54) is 0 Å². The molecule has 0 aromatic heterocycles. The van der Waals surface area contributed by atoms with E-state index in [-0.39, 0.29) is 18.2 Å². The van der Waals surface area contributed by atoms with Crippen LogP contribution in [0.15, 0.2) is 21.8 Å². The normalized spacial score (nSPS) is 12.2. The smallest absolute Gasteiger partial charge is 0.134 e. The Morgan fingerprint density at radius 1 is 1.50 bits per heavy atom. The molecule has 4 nitrogen and oxygen atoms in total. The maximum absolute atomic E-state index is 9.69. The molecule has 1 aromatic rings. The van der Waals surface area contributed by atoms with Gasteiger partial charge >= 0.3 is 0 Å². The Labute approximate surface area is 103 Å². The van der Waals surface area contributed by atoms with Gasteiger partial charge in [0.25, 0.3) is 0 Å². The highest BCUT2D eigenvalue weighted by molar-refractivity contribution is 9.10. The molecule has 0 amide bonds. The lowest BCUT2D eigenvalue weighted by molar-refractivity contribution is 0.316. The van der Waals surface area contributed by atoms with Gasteiger partial charge in [-0.3, -0.25) is 0 Å². The predicted octanol–water partition coefficient (Wildman–Crippen LogP) is 2.45. The van der Waals surface area contributed by atoms with Crippen LogP contribution in [0.2, 0.25) is 0 Å². The molecular weight excluding hydrogens is 272 g/mol. The van der Waals surface area contributed by atoms with E-state index in [0.717, 1.165) is 5.56 Å². The summed E-state index contributed by atoms with van der Waals surface area (Å²) in [7, 11) is 0. The first kappa shape index (κ1) is 13.0. The van der Waals surface area contributed by atoms with E-state index >= 15 is 0 Å². The summed E-state index contributed by atoms with van der Waals surface area (Å²) in [5.74, 6) is 0.222. The number of aromatic hydroxyl groups is 1. The zero-order valence-corrected chi connectivity index (χ0v) is 10.8. The van der Waals surface area contributed by atoms with Gasteiger partial charge in [-0.2, -0.15) is 0 Å². The molecule has 0 radical (unpaired) electrons. The van der Waals surface area contributed by atoms with Gasteiger partial charge in [0.2, 0.25) is 0 Å². The number of halogens is 1. The van der Waals surface area contributed by atoms with Gasteiger partial charge in [0.15, 0.2) is 0 Å². The molecule has 1 aromatic carbocycles. The fraction of sp³-hybridized carbons (Fsp3) is 0.364. The number of rotatable bonds is 3. The van der Waals surface area contributed by atoms with Crippen molar-refractivity contribution in [2.45, 2.75) is 20.4 Å². The Bertz CT molecular complexity index is 417. The Morgan fingerprint density at radius 2 is 2.12 bits per heavy atom. The van der Waals surface area contributed by atoms with Gasteiger partial charge in [0.1, 0.15) is 5.75 Å². The SMILES string of the molecule is CC(C)C(=NO)c1cc(Br)c(O)c(CN)c1. The van der Waals surface area contributed by atoms with Gasteiger partial charge in [-0.15, -0.1) is 0 Å². The second kappa shape index (κ2) is 5.32. The molecular formula is C11H15BrN2O2. The minimum atomic E-state index is 0.0899. The molecule has 0 saturated carbocycles. The number of nitrogens with two attached hydrogens (primary N) is 1. The Kier molecular flexibility index (Phi) is 4.32. The molecule has 0 aliphatic carbocycles. The lowest BCUT2D eigenvalue weighted by Crippen LogP contribution is -2.10. The molecule has 4 N–H and O–H groups in total. The topological polar surface area (TPSA) is 78.8 Å². The van der Waals surface area contributed by atoms with Gasteiger partial charge < -0.3 is 16.0 Å². The fourth-order valence-corrected chi connectivity index (χ4v) is 1.97. The molecule has 0 aliphatic rings. The number of hydrogen-bond acceptors (Lipinski definition) is 4. The van der Waals surface area contributed by atoms with Crippen LogP contribution in [0.1, 0.15) is 25.0 Å². The number of hydrogen-bond donors (Lipinski definition) is 3. The molecule has 0 atom stereocenters. The van der Waals surface area contributed by atoms with E-state index in [1.54, 1.807) is 12.1 Å². The Morgan fingerprint density at radius 3 is 2.56 bits per heavy atom. The molecule has 16 heavy (non-hydrogen) atoms. The van der Waals surface area contributed by atoms with Crippen molar-refractivity contribution >= 4 is 21.6 Å². The van der Waals surface area contributed by atoms with Crippen LogP contribution in [0, 0.1) is 5.92 Å². The van der Waals surface area contributed by atoms with Crippen molar-refractivity contribution in [1.29, 1.82) is 0 Å². The largest absolute Gasteiger partial charge is 0.506 e. The first-order valence-corrected chi connectivity index (χ1v) is 5.74. The lowest BCUT2D eigenvalue weighted by Gasteiger charge is -2.12. The third-order valence-electron chi connectivity index (χ3n) is 2.31. The van der Waals surface area contributed by atoms with Crippen molar-refractivity contribution in [3.63, 3.8) is 0 Å². The van der Waals surface area contributed by atoms with E-state index in [1.807, 2.05) is 13.8 Å². The highest BCUT2D eigenvalue weighted by Crippen LogP contribution is 2.30. The van der Waals surface area contributed by atoms with Gasteiger partial charge in [0, 0.05) is 17.7 Å². The highest BCUT2D eigenvalue weighted by Gasteiger charge is 2.14. The van der Waals surface area contributed by atoms with E-state index in [0.29, 0.717) is 15.7 Å². The van der Waals surface area contributed by atoms with Crippen LogP contribution in [0.4, 0.5) is 0 Å². The summed E-state index contributed by atoms with van der Waals surface area (Å²) < 4.78 is 0.548. The second-order valence-corrected chi connectivity index (χ2v) is 4.66. The van der Waals surface area contributed by atoms with Crippen molar-refractivity contribution in [2.24, 2.45) is 16.8 Å². The van der Waals surface area contributed by atoms with Crippen LogP contribution in [-0.2, 0) is 6.54 Å². The summed E-state index contributed by atoms with van der Waals surface area (Å²) in [6.45, 7) is 4.09. The zero-order chi connectivity index (χ0) is 12.3. The maximum Gasteiger partial charge on any atom is 0.134 e. The molecule has 88 valence electrons. The van der Waals surface area contributed by atoms with E-state index in [9.17, 15) is 5.11 Å². The van der Waals surface area contributed by atoms with Crippen molar-refractivity contribution in [1.82, 2.24) is 0 Å². The van der Waals surface area contributed by atoms with Gasteiger partial charge in [-0.05, 0) is 34.0 Å². The molecule has 0 saturated heterocycles. The van der Waals surface area contributed by atoms with Crippen LogP contribution in [-0.4, -0.2) is 16.0 Å². The summed E-state index contributed by atoms with van der Waals surface area (Å²) >= 11 is 3.24. The van der Waals surface area contributed by atoms with Crippen LogP contribution >= 0.6 is 15.9 Å². The summed E-state index contributed by atoms with van der Waals surface area (Å²) in [5.41, 5.74) is 7.46. The number of benzene rings is 1. The zero-order valence-electron chi connectivity index (χ0n) is 9.24. The molecule has 1 rings (SSSR count). The van der Waals surface area contributed by atoms with E-state index < -0.39 is 0 Å². The van der Waals surface area contributed by atoms with Crippen molar-refractivity contribution in [2.75, 3.05) is 0 Å². The first-order chi connectivity index (χ1) is 7.51. The van der Waals surface area contributed by atoms with Gasteiger partial charge in [-0.1, -0.05) is 19.0 Å². The van der Waals surface area contributed by atoms with Crippen molar-refractivity contribution in [3.8, 4) is 5.75 Å². The average molecular weight is 287 g/mol. The number of phenolic OH excluding ortho intramolecular Hbond substituents is 1. The second-order valence-electron chi connectivity index (χ2n) is 3.81. The summed E-state index contributed by atoms with van der Waals surface area (Å²) in [6.07, 6.45) is 0. The third-order valence-corrected chi connectivity index (χ3v) is 2.92. The van der Waals surface area contributed by atoms with Gasteiger partial charge in [-0.25, -0.2) is 0 Å². The summed E-state index contributed by atoms with van der Waals surface area (Å²) in [5, 5.41) is 21.9. The summed E-state index contributed by atoms with van der Waals surface area (Å²) in [4.78, 5) is 0. The Balaban J connectivity index is 3.31. The minimum absolute atomic E-state index is 0.0899. The molecule has 0 aliphatic heterocycles. The fourth-order valence-electron chi connectivity index (χ4n) is 1.47. The number of oxime groups is 1. The molecule has 0 bridgehead atoms. The van der Waals surface area contributed by atoms with Crippen LogP contribution in [0.3, 0.4) is 0 Å². The molecule has 0 spiro atoms. The maximum atomic E-state index is 9.69. The van der Waals surface area contributed by atoms with E-state index in [4.69, 9.17) is 10.9 Å². The minimum Gasteiger partial charge on any atom is -0.506 e. The van der Waals surface area contributed by atoms with Crippen LogP contribution in [0.5, 0.6) is 5.75 Å². The quantitative estimate of drug-likeness (QED) is 0.454. The summed E-state index contributed by atoms with van der Waals surface area (Å²) in [6, 6.07) is 3.44. The average Bonchev–Trinajstić information content (AvgIpc) is 2.23. The van der Waals surface area contributed by atoms with Crippen molar-refractivity contribution < 1.29 is 10.3 Å².